The first-order valence-corrected chi connectivity index (χ1v) is 8.30. The largest absolute Gasteiger partial charge is 0.488 e. The molecule has 0 fully saturated rings. The number of allylic oxidation sites excluding steroid dienone is 1. The number of carbonyl (C=O) groups is 1. The summed E-state index contributed by atoms with van der Waals surface area (Å²) < 4.78 is 45.8. The number of hydrogen-bond acceptors (Lipinski definition) is 4. The molecule has 0 saturated heterocycles. The van der Waals surface area contributed by atoms with Crippen LogP contribution in [0.25, 0.3) is 5.57 Å². The SMILES string of the molecule is C=C(c1ccc(COc2ccc([N+](=O)[O-])cc2C=O)cc1C(F)(F)F)C(C)C. The van der Waals surface area contributed by atoms with E-state index in [-0.39, 0.29) is 40.7 Å². The maximum Gasteiger partial charge on any atom is 0.417 e. The Morgan fingerprint density at radius 1 is 1.25 bits per heavy atom. The quantitative estimate of drug-likeness (QED) is 0.345. The molecule has 5 nitrogen and oxygen atoms in total. The smallest absolute Gasteiger partial charge is 0.417 e. The third kappa shape index (κ3) is 4.76. The van der Waals surface area contributed by atoms with Crippen molar-refractivity contribution in [2.24, 2.45) is 5.92 Å². The van der Waals surface area contributed by atoms with Gasteiger partial charge in [0.15, 0.2) is 6.29 Å². The van der Waals surface area contributed by atoms with Gasteiger partial charge in [-0.3, -0.25) is 14.9 Å². The molecule has 0 aliphatic carbocycles. The second-order valence-electron chi connectivity index (χ2n) is 6.44. The number of nitro benzene ring substituents is 1. The van der Waals surface area contributed by atoms with Gasteiger partial charge in [-0.1, -0.05) is 32.6 Å². The van der Waals surface area contributed by atoms with Crippen LogP contribution in [0.5, 0.6) is 5.75 Å². The van der Waals surface area contributed by atoms with E-state index in [4.69, 9.17) is 4.74 Å². The highest BCUT2D eigenvalue weighted by molar-refractivity contribution is 5.80. The molecule has 0 aliphatic rings. The molecule has 0 aliphatic heterocycles. The Labute approximate surface area is 159 Å². The van der Waals surface area contributed by atoms with Crippen molar-refractivity contribution in [3.05, 3.63) is 75.3 Å². The van der Waals surface area contributed by atoms with Gasteiger partial charge in [-0.15, -0.1) is 0 Å². The highest BCUT2D eigenvalue weighted by Crippen LogP contribution is 2.37. The molecule has 0 N–H and O–H groups in total. The van der Waals surface area contributed by atoms with Crippen LogP contribution in [0, 0.1) is 16.0 Å². The summed E-state index contributed by atoms with van der Waals surface area (Å²) in [5, 5.41) is 10.8. The first-order chi connectivity index (χ1) is 13.0. The molecule has 148 valence electrons. The van der Waals surface area contributed by atoms with Crippen molar-refractivity contribution in [2.75, 3.05) is 0 Å². The second kappa shape index (κ2) is 8.24. The van der Waals surface area contributed by atoms with Crippen molar-refractivity contribution >= 4 is 17.5 Å². The van der Waals surface area contributed by atoms with Crippen molar-refractivity contribution in [3.8, 4) is 5.75 Å². The molecule has 0 amide bonds. The monoisotopic (exact) mass is 393 g/mol. The number of nitro groups is 1. The molecule has 2 rings (SSSR count). The van der Waals surface area contributed by atoms with Crippen LogP contribution in [0.1, 0.15) is 40.9 Å². The van der Waals surface area contributed by atoms with Crippen molar-refractivity contribution in [3.63, 3.8) is 0 Å². The van der Waals surface area contributed by atoms with Gasteiger partial charge in [-0.05, 0) is 34.8 Å². The molecule has 2 aromatic rings. The molecule has 0 unspecified atom stereocenters. The minimum Gasteiger partial charge on any atom is -0.488 e. The number of non-ortho nitro benzene ring substituents is 1. The number of benzene rings is 2. The fourth-order valence-corrected chi connectivity index (χ4v) is 2.54. The van der Waals surface area contributed by atoms with Crippen LogP contribution in [0.4, 0.5) is 18.9 Å². The van der Waals surface area contributed by atoms with Gasteiger partial charge < -0.3 is 4.74 Å². The summed E-state index contributed by atoms with van der Waals surface area (Å²) in [7, 11) is 0. The maximum absolute atomic E-state index is 13.5. The molecule has 2 aromatic carbocycles. The van der Waals surface area contributed by atoms with Crippen molar-refractivity contribution in [1.82, 2.24) is 0 Å². The number of halogens is 3. The minimum atomic E-state index is -4.56. The Hall–Kier alpha value is -3.16. The molecular formula is C20H18F3NO4. The Morgan fingerprint density at radius 3 is 2.46 bits per heavy atom. The van der Waals surface area contributed by atoms with Crippen molar-refractivity contribution in [1.29, 1.82) is 0 Å². The summed E-state index contributed by atoms with van der Waals surface area (Å²) in [5.41, 5.74) is -0.525. The number of hydrogen-bond donors (Lipinski definition) is 0. The average molecular weight is 393 g/mol. The highest BCUT2D eigenvalue weighted by Gasteiger charge is 2.34. The Balaban J connectivity index is 2.32. The fourth-order valence-electron chi connectivity index (χ4n) is 2.54. The van der Waals surface area contributed by atoms with E-state index in [1.807, 2.05) is 0 Å². The molecule has 0 heterocycles. The zero-order valence-electron chi connectivity index (χ0n) is 15.2. The van der Waals surface area contributed by atoms with Gasteiger partial charge in [-0.2, -0.15) is 13.2 Å². The molecule has 0 spiro atoms. The van der Waals surface area contributed by atoms with Gasteiger partial charge in [-0.25, -0.2) is 0 Å². The van der Waals surface area contributed by atoms with Crippen LogP contribution in [0.3, 0.4) is 0 Å². The van der Waals surface area contributed by atoms with Gasteiger partial charge in [0, 0.05) is 12.1 Å². The first kappa shape index (κ1) is 21.1. The molecule has 28 heavy (non-hydrogen) atoms. The van der Waals surface area contributed by atoms with Gasteiger partial charge in [0.2, 0.25) is 0 Å². The number of aldehydes is 1. The summed E-state index contributed by atoms with van der Waals surface area (Å²) in [6, 6.07) is 7.25. The summed E-state index contributed by atoms with van der Waals surface area (Å²) >= 11 is 0. The van der Waals surface area contributed by atoms with Crippen LogP contribution in [0.15, 0.2) is 43.0 Å². The molecule has 0 bridgehead atoms. The second-order valence-corrected chi connectivity index (χ2v) is 6.44. The number of nitrogens with zero attached hydrogens (tertiary/aromatic N) is 1. The van der Waals surface area contributed by atoms with E-state index in [0.29, 0.717) is 11.9 Å². The molecule has 0 radical (unpaired) electrons. The summed E-state index contributed by atoms with van der Waals surface area (Å²) in [5.74, 6) is -0.108. The van der Waals surface area contributed by atoms with E-state index >= 15 is 0 Å². The summed E-state index contributed by atoms with van der Waals surface area (Å²) in [4.78, 5) is 21.2. The molecule has 0 atom stereocenters. The minimum absolute atomic E-state index is 0.0233. The zero-order chi connectivity index (χ0) is 21.1. The predicted octanol–water partition coefficient (Wildman–Crippen LogP) is 5.67. The Kier molecular flexibility index (Phi) is 6.23. The average Bonchev–Trinajstić information content (AvgIpc) is 2.64. The van der Waals surface area contributed by atoms with E-state index in [2.05, 4.69) is 6.58 Å². The third-order valence-electron chi connectivity index (χ3n) is 4.16. The van der Waals surface area contributed by atoms with E-state index in [0.717, 1.165) is 18.2 Å². The van der Waals surface area contributed by atoms with Crippen molar-refractivity contribution in [2.45, 2.75) is 26.6 Å². The topological polar surface area (TPSA) is 69.4 Å². The number of ether oxygens (including phenoxy) is 1. The Bertz CT molecular complexity index is 920. The van der Waals surface area contributed by atoms with Crippen LogP contribution in [-0.4, -0.2) is 11.2 Å². The lowest BCUT2D eigenvalue weighted by Gasteiger charge is -2.18. The van der Waals surface area contributed by atoms with Gasteiger partial charge in [0.1, 0.15) is 12.4 Å². The standard InChI is InChI=1S/C20H18F3NO4/c1-12(2)13(3)17-6-4-14(8-18(17)20(21,22)23)11-28-19-7-5-16(24(26)27)9-15(19)10-25/h4-10,12H,3,11H2,1-2H3. The Morgan fingerprint density at radius 2 is 1.93 bits per heavy atom. The molecule has 0 aromatic heterocycles. The number of rotatable bonds is 7. The predicted molar refractivity (Wildman–Crippen MR) is 98.1 cm³/mol. The zero-order valence-corrected chi connectivity index (χ0v) is 15.2. The van der Waals surface area contributed by atoms with Gasteiger partial charge in [0.25, 0.3) is 5.69 Å². The van der Waals surface area contributed by atoms with Crippen LogP contribution >= 0.6 is 0 Å². The lowest BCUT2D eigenvalue weighted by atomic mass is 9.91. The van der Waals surface area contributed by atoms with Crippen LogP contribution in [-0.2, 0) is 12.8 Å². The lowest BCUT2D eigenvalue weighted by molar-refractivity contribution is -0.384. The normalized spacial score (nSPS) is 11.4. The molecule has 0 saturated carbocycles. The lowest BCUT2D eigenvalue weighted by Crippen LogP contribution is -2.11. The van der Waals surface area contributed by atoms with E-state index in [9.17, 15) is 28.1 Å². The van der Waals surface area contributed by atoms with E-state index in [1.165, 1.54) is 18.2 Å². The summed E-state index contributed by atoms with van der Waals surface area (Å²) in [6.45, 7) is 7.02. The van der Waals surface area contributed by atoms with Crippen molar-refractivity contribution < 1.29 is 27.6 Å². The van der Waals surface area contributed by atoms with Gasteiger partial charge >= 0.3 is 6.18 Å². The number of alkyl halides is 3. The van der Waals surface area contributed by atoms with Crippen LogP contribution < -0.4 is 4.74 Å². The molecule has 8 heteroatoms. The van der Waals surface area contributed by atoms with Gasteiger partial charge in [0.05, 0.1) is 16.1 Å². The highest BCUT2D eigenvalue weighted by atomic mass is 19.4. The maximum atomic E-state index is 13.5. The summed E-state index contributed by atoms with van der Waals surface area (Å²) in [6.07, 6.45) is -4.18. The van der Waals surface area contributed by atoms with Crippen LogP contribution in [0.2, 0.25) is 0 Å². The number of carbonyl (C=O) groups excluding carboxylic acids is 1. The third-order valence-corrected chi connectivity index (χ3v) is 4.16. The van der Waals surface area contributed by atoms with E-state index in [1.54, 1.807) is 13.8 Å². The molecular weight excluding hydrogens is 375 g/mol. The first-order valence-electron chi connectivity index (χ1n) is 8.30. The fraction of sp³-hybridized carbons (Fsp3) is 0.250. The van der Waals surface area contributed by atoms with E-state index < -0.39 is 16.7 Å².